The molecule has 0 bridgehead atoms. The highest BCUT2D eigenvalue weighted by Gasteiger charge is 2.23. The average Bonchev–Trinajstić information content (AvgIpc) is 2.88. The number of fused-ring (bicyclic) bond motifs is 1. The van der Waals surface area contributed by atoms with Gasteiger partial charge in [0.25, 0.3) is 0 Å². The molecule has 112 valence electrons. The minimum Gasteiger partial charge on any atom is -0.481 e. The quantitative estimate of drug-likeness (QED) is 0.910. The average molecular weight is 290 g/mol. The highest BCUT2D eigenvalue weighted by Crippen LogP contribution is 2.33. The Hall–Kier alpha value is -1.88. The van der Waals surface area contributed by atoms with Crippen molar-refractivity contribution in [3.05, 3.63) is 35.8 Å². The molecular weight excluding hydrogens is 271 g/mol. The monoisotopic (exact) mass is 290 g/mol. The van der Waals surface area contributed by atoms with Crippen LogP contribution in [0.4, 0.5) is 4.39 Å². The molecule has 0 radical (unpaired) electrons. The Morgan fingerprint density at radius 3 is 2.86 bits per heavy atom. The molecule has 5 heteroatoms. The topological polar surface area (TPSA) is 56.3 Å². The number of aromatic nitrogens is 1. The number of carbonyl (C=O) groups is 1. The van der Waals surface area contributed by atoms with E-state index in [0.29, 0.717) is 12.5 Å². The SMILES string of the molecule is O=C(O)CCN1CCC(c2c[nH]c3ccc(F)cc23)CC1. The lowest BCUT2D eigenvalue weighted by Gasteiger charge is -2.31. The van der Waals surface area contributed by atoms with Gasteiger partial charge in [-0.3, -0.25) is 4.79 Å². The van der Waals surface area contributed by atoms with Gasteiger partial charge in [0.1, 0.15) is 5.82 Å². The minimum absolute atomic E-state index is 0.197. The summed E-state index contributed by atoms with van der Waals surface area (Å²) in [5, 5.41) is 9.70. The van der Waals surface area contributed by atoms with Gasteiger partial charge in [-0.25, -0.2) is 4.39 Å². The molecule has 1 saturated heterocycles. The number of nitrogens with one attached hydrogen (secondary N) is 1. The first-order valence-corrected chi connectivity index (χ1v) is 7.34. The van der Waals surface area contributed by atoms with E-state index in [1.807, 2.05) is 6.20 Å². The first-order valence-electron chi connectivity index (χ1n) is 7.34. The largest absolute Gasteiger partial charge is 0.481 e. The molecule has 0 atom stereocenters. The van der Waals surface area contributed by atoms with Crippen LogP contribution in [0, 0.1) is 5.82 Å². The summed E-state index contributed by atoms with van der Waals surface area (Å²) in [5.41, 5.74) is 2.15. The lowest BCUT2D eigenvalue weighted by Crippen LogP contribution is -2.34. The van der Waals surface area contributed by atoms with E-state index < -0.39 is 5.97 Å². The molecule has 0 unspecified atom stereocenters. The number of H-pyrrole nitrogens is 1. The third-order valence-corrected chi connectivity index (χ3v) is 4.35. The van der Waals surface area contributed by atoms with Crippen molar-refractivity contribution >= 4 is 16.9 Å². The molecule has 2 aromatic rings. The van der Waals surface area contributed by atoms with Crippen molar-refractivity contribution in [1.82, 2.24) is 9.88 Å². The predicted molar refractivity (Wildman–Crippen MR) is 78.9 cm³/mol. The second kappa shape index (κ2) is 5.85. The highest BCUT2D eigenvalue weighted by atomic mass is 19.1. The van der Waals surface area contributed by atoms with Crippen molar-refractivity contribution in [2.24, 2.45) is 0 Å². The second-order valence-corrected chi connectivity index (χ2v) is 5.69. The number of benzene rings is 1. The normalized spacial score (nSPS) is 17.4. The minimum atomic E-state index is -0.746. The molecule has 0 amide bonds. The Morgan fingerprint density at radius 2 is 2.14 bits per heavy atom. The van der Waals surface area contributed by atoms with E-state index in [1.54, 1.807) is 12.1 Å². The van der Waals surface area contributed by atoms with Crippen LogP contribution >= 0.6 is 0 Å². The van der Waals surface area contributed by atoms with Crippen LogP contribution in [0.1, 0.15) is 30.7 Å². The fourth-order valence-electron chi connectivity index (χ4n) is 3.17. The standard InChI is InChI=1S/C16H19FN2O2/c17-12-1-2-15-13(9-12)14(10-18-15)11-3-6-19(7-4-11)8-5-16(20)21/h1-2,9-11,18H,3-8H2,(H,20,21). The Bertz CT molecular complexity index is 645. The number of carboxylic acid groups (broad SMARTS) is 1. The Balaban J connectivity index is 1.68. The summed E-state index contributed by atoms with van der Waals surface area (Å²) >= 11 is 0. The number of hydrogen-bond donors (Lipinski definition) is 2. The first kappa shape index (κ1) is 14.1. The van der Waals surface area contributed by atoms with E-state index in [4.69, 9.17) is 5.11 Å². The van der Waals surface area contributed by atoms with E-state index in [-0.39, 0.29) is 12.2 Å². The molecule has 4 nitrogen and oxygen atoms in total. The van der Waals surface area contributed by atoms with E-state index >= 15 is 0 Å². The fraction of sp³-hybridized carbons (Fsp3) is 0.438. The molecular formula is C16H19FN2O2. The van der Waals surface area contributed by atoms with Crippen LogP contribution in [-0.2, 0) is 4.79 Å². The van der Waals surface area contributed by atoms with Gasteiger partial charge >= 0.3 is 5.97 Å². The summed E-state index contributed by atoms with van der Waals surface area (Å²) in [4.78, 5) is 16.0. The van der Waals surface area contributed by atoms with Crippen molar-refractivity contribution in [2.45, 2.75) is 25.2 Å². The third kappa shape index (κ3) is 3.08. The molecule has 0 spiro atoms. The molecule has 1 aromatic heterocycles. The van der Waals surface area contributed by atoms with Crippen LogP contribution < -0.4 is 0 Å². The summed E-state index contributed by atoms with van der Waals surface area (Å²) < 4.78 is 13.4. The van der Waals surface area contributed by atoms with Gasteiger partial charge in [-0.15, -0.1) is 0 Å². The maximum atomic E-state index is 13.4. The second-order valence-electron chi connectivity index (χ2n) is 5.69. The maximum absolute atomic E-state index is 13.4. The van der Waals surface area contributed by atoms with Crippen LogP contribution in [0.25, 0.3) is 10.9 Å². The van der Waals surface area contributed by atoms with E-state index in [0.717, 1.165) is 36.8 Å². The molecule has 2 heterocycles. The van der Waals surface area contributed by atoms with Crippen molar-refractivity contribution in [3.8, 4) is 0 Å². The first-order chi connectivity index (χ1) is 10.1. The Labute approximate surface area is 122 Å². The molecule has 21 heavy (non-hydrogen) atoms. The Kier molecular flexibility index (Phi) is 3.92. The van der Waals surface area contributed by atoms with E-state index in [2.05, 4.69) is 9.88 Å². The van der Waals surface area contributed by atoms with Gasteiger partial charge in [0.15, 0.2) is 0 Å². The summed E-state index contributed by atoms with van der Waals surface area (Å²) in [6.07, 6.45) is 4.16. The molecule has 1 aromatic carbocycles. The van der Waals surface area contributed by atoms with Crippen LogP contribution in [0.5, 0.6) is 0 Å². The summed E-state index contributed by atoms with van der Waals surface area (Å²) in [6, 6.07) is 4.84. The number of nitrogens with zero attached hydrogens (tertiary/aromatic N) is 1. The molecule has 1 aliphatic rings. The number of halogens is 1. The third-order valence-electron chi connectivity index (χ3n) is 4.35. The summed E-state index contributed by atoms with van der Waals surface area (Å²) in [6.45, 7) is 2.42. The fourth-order valence-corrected chi connectivity index (χ4v) is 3.17. The van der Waals surface area contributed by atoms with Crippen molar-refractivity contribution in [2.75, 3.05) is 19.6 Å². The number of carboxylic acids is 1. The zero-order valence-electron chi connectivity index (χ0n) is 11.8. The number of aromatic amines is 1. The van der Waals surface area contributed by atoms with Gasteiger partial charge in [0.05, 0.1) is 6.42 Å². The van der Waals surface area contributed by atoms with Gasteiger partial charge < -0.3 is 15.0 Å². The smallest absolute Gasteiger partial charge is 0.304 e. The lowest BCUT2D eigenvalue weighted by atomic mass is 9.89. The maximum Gasteiger partial charge on any atom is 0.304 e. The highest BCUT2D eigenvalue weighted by molar-refractivity contribution is 5.83. The number of piperidine rings is 1. The van der Waals surface area contributed by atoms with Crippen LogP contribution in [0.2, 0.25) is 0 Å². The zero-order valence-corrected chi connectivity index (χ0v) is 11.8. The molecule has 1 fully saturated rings. The van der Waals surface area contributed by atoms with E-state index in [1.165, 1.54) is 11.6 Å². The van der Waals surface area contributed by atoms with Gasteiger partial charge in [0, 0.05) is 23.6 Å². The number of rotatable bonds is 4. The predicted octanol–water partition coefficient (Wildman–Crippen LogP) is 2.96. The van der Waals surface area contributed by atoms with Gasteiger partial charge in [-0.1, -0.05) is 0 Å². The molecule has 0 saturated carbocycles. The van der Waals surface area contributed by atoms with Crippen molar-refractivity contribution in [3.63, 3.8) is 0 Å². The number of hydrogen-bond acceptors (Lipinski definition) is 2. The molecule has 2 N–H and O–H groups in total. The summed E-state index contributed by atoms with van der Waals surface area (Å²) in [7, 11) is 0. The van der Waals surface area contributed by atoms with Crippen LogP contribution in [-0.4, -0.2) is 40.6 Å². The molecule has 1 aliphatic heterocycles. The number of likely N-dealkylation sites (tertiary alicyclic amines) is 1. The van der Waals surface area contributed by atoms with E-state index in [9.17, 15) is 9.18 Å². The summed E-state index contributed by atoms with van der Waals surface area (Å²) in [5.74, 6) is -0.534. The molecule has 3 rings (SSSR count). The number of aliphatic carboxylic acids is 1. The van der Waals surface area contributed by atoms with Gasteiger partial charge in [0.2, 0.25) is 0 Å². The molecule has 0 aliphatic carbocycles. The van der Waals surface area contributed by atoms with Crippen LogP contribution in [0.3, 0.4) is 0 Å². The van der Waals surface area contributed by atoms with Gasteiger partial charge in [-0.2, -0.15) is 0 Å². The van der Waals surface area contributed by atoms with Gasteiger partial charge in [-0.05, 0) is 55.6 Å². The zero-order chi connectivity index (χ0) is 14.8. The van der Waals surface area contributed by atoms with Crippen molar-refractivity contribution in [1.29, 1.82) is 0 Å². The Morgan fingerprint density at radius 1 is 1.38 bits per heavy atom. The van der Waals surface area contributed by atoms with Crippen molar-refractivity contribution < 1.29 is 14.3 Å². The van der Waals surface area contributed by atoms with Crippen LogP contribution in [0.15, 0.2) is 24.4 Å². The lowest BCUT2D eigenvalue weighted by molar-refractivity contribution is -0.137.